The van der Waals surface area contributed by atoms with Crippen LogP contribution in [-0.2, 0) is 30.5 Å². The van der Waals surface area contributed by atoms with Crippen LogP contribution in [0.25, 0.3) is 0 Å². The number of carbonyl (C=O) groups excluding carboxylic acids is 3. The van der Waals surface area contributed by atoms with E-state index < -0.39 is 23.3 Å². The lowest BCUT2D eigenvalue weighted by atomic mass is 9.83. The fourth-order valence-electron chi connectivity index (χ4n) is 5.27. The molecule has 0 unspecified atom stereocenters. The van der Waals surface area contributed by atoms with Crippen LogP contribution in [0.5, 0.6) is 0 Å². The van der Waals surface area contributed by atoms with Gasteiger partial charge in [0.05, 0.1) is 22.1 Å². The van der Waals surface area contributed by atoms with Crippen molar-refractivity contribution < 1.29 is 28.6 Å². The molecule has 6 nitrogen and oxygen atoms in total. The highest BCUT2D eigenvalue weighted by atomic mass is 16.6. The molecular formula is C39H50O6. The summed E-state index contributed by atoms with van der Waals surface area (Å²) < 4.78 is 17.8. The molecule has 6 heteroatoms. The van der Waals surface area contributed by atoms with Crippen LogP contribution in [0, 0.1) is 5.41 Å². The summed E-state index contributed by atoms with van der Waals surface area (Å²) in [4.78, 5) is 40.4. The normalized spacial score (nSPS) is 12.4. The van der Waals surface area contributed by atoms with E-state index in [4.69, 9.17) is 14.2 Å². The maximum atomic E-state index is 13.5. The molecule has 45 heavy (non-hydrogen) atoms. The second-order valence-corrected chi connectivity index (χ2v) is 15.0. The predicted octanol–water partition coefficient (Wildman–Crippen LogP) is 8.85. The summed E-state index contributed by atoms with van der Waals surface area (Å²) in [5.74, 6) is -1.44. The van der Waals surface area contributed by atoms with Gasteiger partial charge in [-0.25, -0.2) is 14.4 Å². The minimum absolute atomic E-state index is 0.108. The van der Waals surface area contributed by atoms with Crippen molar-refractivity contribution in [3.05, 3.63) is 106 Å². The molecule has 0 aliphatic heterocycles. The molecule has 0 spiro atoms. The molecule has 3 aromatic carbocycles. The van der Waals surface area contributed by atoms with E-state index in [2.05, 4.69) is 0 Å². The summed E-state index contributed by atoms with van der Waals surface area (Å²) in [6, 6.07) is 22.2. The SMILES string of the molecule is CCC(COC(=O)c1ccccc1C(C)(C)C)(COC(=O)c1ccccc1C(C)(C)C)COC(=O)c1ccccc1C(C)(C)C. The second kappa shape index (κ2) is 14.0. The largest absolute Gasteiger partial charge is 0.461 e. The van der Waals surface area contributed by atoms with Crippen molar-refractivity contribution in [1.82, 2.24) is 0 Å². The second-order valence-electron chi connectivity index (χ2n) is 15.0. The van der Waals surface area contributed by atoms with E-state index in [9.17, 15) is 14.4 Å². The average Bonchev–Trinajstić information content (AvgIpc) is 2.99. The zero-order valence-electron chi connectivity index (χ0n) is 28.7. The van der Waals surface area contributed by atoms with Gasteiger partial charge in [0.1, 0.15) is 19.8 Å². The first kappa shape index (κ1) is 35.5. The molecule has 3 aromatic rings. The van der Waals surface area contributed by atoms with Crippen LogP contribution in [0.15, 0.2) is 72.8 Å². The Morgan fingerprint density at radius 3 is 0.933 bits per heavy atom. The topological polar surface area (TPSA) is 78.9 Å². The Morgan fingerprint density at radius 2 is 0.711 bits per heavy atom. The van der Waals surface area contributed by atoms with E-state index >= 15 is 0 Å². The first-order valence-corrected chi connectivity index (χ1v) is 15.7. The third-order valence-corrected chi connectivity index (χ3v) is 8.14. The standard InChI is InChI=1S/C39H50O6/c1-11-39(24-43-33(40)27-18-12-15-21-30(27)36(2,3)4,25-44-34(41)28-19-13-16-22-31(28)37(5,6)7)26-45-35(42)29-20-14-17-23-32(29)38(8,9)10/h12-23H,11,24-26H2,1-10H3. The molecule has 0 heterocycles. The van der Waals surface area contributed by atoms with Crippen molar-refractivity contribution >= 4 is 17.9 Å². The Hall–Kier alpha value is -3.93. The van der Waals surface area contributed by atoms with E-state index in [1.165, 1.54) is 0 Å². The van der Waals surface area contributed by atoms with E-state index in [1.54, 1.807) is 18.2 Å². The van der Waals surface area contributed by atoms with Gasteiger partial charge in [0.2, 0.25) is 0 Å². The van der Waals surface area contributed by atoms with Gasteiger partial charge in [0.25, 0.3) is 0 Å². The Labute approximate surface area is 269 Å². The van der Waals surface area contributed by atoms with Gasteiger partial charge in [-0.15, -0.1) is 0 Å². The lowest BCUT2D eigenvalue weighted by Gasteiger charge is -2.32. The Kier molecular flexibility index (Phi) is 11.1. The molecular weight excluding hydrogens is 564 g/mol. The molecule has 3 rings (SSSR count). The van der Waals surface area contributed by atoms with Gasteiger partial charge >= 0.3 is 17.9 Å². The molecule has 0 aliphatic rings. The van der Waals surface area contributed by atoms with Crippen LogP contribution < -0.4 is 0 Å². The van der Waals surface area contributed by atoms with E-state index in [1.807, 2.05) is 124 Å². The molecule has 0 aliphatic carbocycles. The number of benzene rings is 3. The lowest BCUT2D eigenvalue weighted by molar-refractivity contribution is -0.0383. The first-order valence-electron chi connectivity index (χ1n) is 15.7. The summed E-state index contributed by atoms with van der Waals surface area (Å²) in [6.07, 6.45) is 0.420. The predicted molar refractivity (Wildman–Crippen MR) is 179 cm³/mol. The number of carbonyl (C=O) groups is 3. The molecule has 0 amide bonds. The van der Waals surface area contributed by atoms with Gasteiger partial charge < -0.3 is 14.2 Å². The molecule has 0 saturated carbocycles. The van der Waals surface area contributed by atoms with Gasteiger partial charge in [-0.2, -0.15) is 0 Å². The zero-order chi connectivity index (χ0) is 33.6. The number of esters is 3. The summed E-state index contributed by atoms with van der Waals surface area (Å²) in [6.45, 7) is 20.0. The van der Waals surface area contributed by atoms with Crippen LogP contribution in [0.1, 0.15) is 123 Å². The van der Waals surface area contributed by atoms with Gasteiger partial charge in [0.15, 0.2) is 0 Å². The van der Waals surface area contributed by atoms with Crippen molar-refractivity contribution in [2.24, 2.45) is 5.41 Å². The van der Waals surface area contributed by atoms with Gasteiger partial charge in [-0.05, 0) is 57.6 Å². The maximum absolute atomic E-state index is 13.5. The summed E-state index contributed by atoms with van der Waals surface area (Å²) in [5, 5.41) is 0. The minimum atomic E-state index is -0.981. The first-order chi connectivity index (χ1) is 20.9. The van der Waals surface area contributed by atoms with Crippen molar-refractivity contribution in [2.75, 3.05) is 19.8 Å². The summed E-state index contributed by atoms with van der Waals surface area (Å²) in [5.41, 5.74) is 2.22. The highest BCUT2D eigenvalue weighted by Crippen LogP contribution is 2.32. The highest BCUT2D eigenvalue weighted by Gasteiger charge is 2.36. The molecule has 242 valence electrons. The van der Waals surface area contributed by atoms with E-state index in [0.717, 1.165) is 16.7 Å². The van der Waals surface area contributed by atoms with Crippen LogP contribution in [-0.4, -0.2) is 37.7 Å². The molecule has 0 N–H and O–H groups in total. The minimum Gasteiger partial charge on any atom is -0.461 e. The highest BCUT2D eigenvalue weighted by molar-refractivity contribution is 5.93. The van der Waals surface area contributed by atoms with Gasteiger partial charge in [-0.1, -0.05) is 124 Å². The van der Waals surface area contributed by atoms with Crippen molar-refractivity contribution in [3.63, 3.8) is 0 Å². The third-order valence-electron chi connectivity index (χ3n) is 8.14. The van der Waals surface area contributed by atoms with Crippen LogP contribution in [0.3, 0.4) is 0 Å². The Morgan fingerprint density at radius 1 is 0.467 bits per heavy atom. The van der Waals surface area contributed by atoms with E-state index in [-0.39, 0.29) is 36.1 Å². The molecule has 0 radical (unpaired) electrons. The van der Waals surface area contributed by atoms with Crippen molar-refractivity contribution in [2.45, 2.75) is 91.9 Å². The molecule has 0 saturated heterocycles. The number of hydrogen-bond acceptors (Lipinski definition) is 6. The quantitative estimate of drug-likeness (QED) is 0.168. The van der Waals surface area contributed by atoms with Gasteiger partial charge in [-0.3, -0.25) is 0 Å². The Balaban J connectivity index is 1.91. The molecule has 0 bridgehead atoms. The fourth-order valence-corrected chi connectivity index (χ4v) is 5.27. The average molecular weight is 615 g/mol. The summed E-state index contributed by atoms with van der Waals surface area (Å²) in [7, 11) is 0. The van der Waals surface area contributed by atoms with E-state index in [0.29, 0.717) is 23.1 Å². The fraction of sp³-hybridized carbons (Fsp3) is 0.462. The summed E-state index contributed by atoms with van der Waals surface area (Å²) >= 11 is 0. The third kappa shape index (κ3) is 9.06. The van der Waals surface area contributed by atoms with Crippen LogP contribution in [0.2, 0.25) is 0 Å². The monoisotopic (exact) mass is 614 g/mol. The zero-order valence-corrected chi connectivity index (χ0v) is 28.7. The Bertz CT molecular complexity index is 1320. The lowest BCUT2D eigenvalue weighted by Crippen LogP contribution is -2.39. The maximum Gasteiger partial charge on any atom is 0.338 e. The molecule has 0 atom stereocenters. The molecule has 0 aromatic heterocycles. The molecule has 0 fully saturated rings. The number of hydrogen-bond donors (Lipinski definition) is 0. The van der Waals surface area contributed by atoms with Crippen molar-refractivity contribution in [1.29, 1.82) is 0 Å². The number of ether oxygens (including phenoxy) is 3. The van der Waals surface area contributed by atoms with Crippen LogP contribution in [0.4, 0.5) is 0 Å². The van der Waals surface area contributed by atoms with Crippen LogP contribution >= 0.6 is 0 Å². The van der Waals surface area contributed by atoms with Gasteiger partial charge in [0, 0.05) is 0 Å². The number of rotatable bonds is 10. The smallest absolute Gasteiger partial charge is 0.338 e. The van der Waals surface area contributed by atoms with Crippen molar-refractivity contribution in [3.8, 4) is 0 Å².